The van der Waals surface area contributed by atoms with Crippen molar-refractivity contribution in [3.05, 3.63) is 0 Å². The van der Waals surface area contributed by atoms with Crippen molar-refractivity contribution >= 4 is 5.97 Å². The van der Waals surface area contributed by atoms with Crippen LogP contribution < -0.4 is 5.32 Å². The van der Waals surface area contributed by atoms with Gasteiger partial charge in [0.1, 0.15) is 12.1 Å². The molecular formula is C7H8F5NO3. The van der Waals surface area contributed by atoms with Crippen molar-refractivity contribution in [2.24, 2.45) is 0 Å². The Balaban J connectivity index is 0.000000168. The molecule has 1 saturated carbocycles. The van der Waals surface area contributed by atoms with Crippen LogP contribution in [0.1, 0.15) is 0 Å². The fourth-order valence-electron chi connectivity index (χ4n) is 1.15. The molecule has 1 saturated heterocycles. The summed E-state index contributed by atoms with van der Waals surface area (Å²) in [5.74, 6) is -5.34. The van der Waals surface area contributed by atoms with Crippen molar-refractivity contribution < 1.29 is 36.6 Å². The summed E-state index contributed by atoms with van der Waals surface area (Å²) in [5, 5.41) is 9.80. The van der Waals surface area contributed by atoms with Crippen molar-refractivity contribution in [2.75, 3.05) is 13.2 Å². The van der Waals surface area contributed by atoms with E-state index in [9.17, 15) is 22.0 Å². The molecule has 0 radical (unpaired) electrons. The summed E-state index contributed by atoms with van der Waals surface area (Å²) >= 11 is 0. The first-order chi connectivity index (χ1) is 7.17. The van der Waals surface area contributed by atoms with Crippen molar-refractivity contribution in [3.63, 3.8) is 0 Å². The predicted octanol–water partition coefficient (Wildman–Crippen LogP) is 0.626. The van der Waals surface area contributed by atoms with E-state index in [1.807, 2.05) is 0 Å². The van der Waals surface area contributed by atoms with Gasteiger partial charge < -0.3 is 15.2 Å². The van der Waals surface area contributed by atoms with Gasteiger partial charge in [-0.3, -0.25) is 0 Å². The average molecular weight is 249 g/mol. The Labute approximate surface area is 86.4 Å². The van der Waals surface area contributed by atoms with Crippen LogP contribution in [0, 0.1) is 0 Å². The molecule has 2 rings (SSSR count). The molecular weight excluding hydrogens is 241 g/mol. The van der Waals surface area contributed by atoms with E-state index in [0.717, 1.165) is 0 Å². The van der Waals surface area contributed by atoms with E-state index in [-0.39, 0.29) is 0 Å². The van der Waals surface area contributed by atoms with Gasteiger partial charge >= 0.3 is 12.1 Å². The van der Waals surface area contributed by atoms with Crippen LogP contribution in [-0.2, 0) is 9.53 Å². The lowest BCUT2D eigenvalue weighted by atomic mass is 10.5. The van der Waals surface area contributed by atoms with Gasteiger partial charge in [0, 0.05) is 6.54 Å². The molecule has 1 aliphatic carbocycles. The Morgan fingerprint density at radius 3 is 2.19 bits per heavy atom. The maximum atomic E-state index is 12.3. The van der Waals surface area contributed by atoms with E-state index in [0.29, 0.717) is 13.2 Å². The first-order valence-electron chi connectivity index (χ1n) is 4.20. The van der Waals surface area contributed by atoms with Gasteiger partial charge in [0.2, 0.25) is 0 Å². The largest absolute Gasteiger partial charge is 0.490 e. The molecule has 0 spiro atoms. The van der Waals surface area contributed by atoms with Crippen molar-refractivity contribution in [2.45, 2.75) is 24.2 Å². The summed E-state index contributed by atoms with van der Waals surface area (Å²) in [4.78, 5) is 8.90. The summed E-state index contributed by atoms with van der Waals surface area (Å²) in [6.45, 7) is 0.966. The molecule has 2 unspecified atom stereocenters. The fourth-order valence-corrected chi connectivity index (χ4v) is 1.15. The molecule has 0 aromatic rings. The Morgan fingerprint density at radius 1 is 1.44 bits per heavy atom. The number of hydrogen-bond donors (Lipinski definition) is 2. The monoisotopic (exact) mass is 249 g/mol. The molecule has 9 heteroatoms. The smallest absolute Gasteiger partial charge is 0.475 e. The molecule has 94 valence electrons. The number of alkyl halides is 5. The molecule has 2 aliphatic rings. The number of aliphatic carboxylic acids is 1. The summed E-state index contributed by atoms with van der Waals surface area (Å²) in [5.41, 5.74) is 0. The third-order valence-corrected chi connectivity index (χ3v) is 1.99. The second-order valence-corrected chi connectivity index (χ2v) is 3.20. The maximum absolute atomic E-state index is 12.3. The average Bonchev–Trinajstić information content (AvgIpc) is 2.70. The molecule has 4 nitrogen and oxygen atoms in total. The Hall–Kier alpha value is -0.960. The van der Waals surface area contributed by atoms with E-state index in [1.54, 1.807) is 0 Å². The van der Waals surface area contributed by atoms with Gasteiger partial charge in [-0.05, 0) is 0 Å². The summed E-state index contributed by atoms with van der Waals surface area (Å²) in [6.07, 6.45) is -5.91. The summed E-state index contributed by atoms with van der Waals surface area (Å²) < 4.78 is 61.1. The van der Waals surface area contributed by atoms with Crippen LogP contribution in [0.15, 0.2) is 0 Å². The summed E-state index contributed by atoms with van der Waals surface area (Å²) in [6, 6.07) is -0.689. The van der Waals surface area contributed by atoms with E-state index in [1.165, 1.54) is 0 Å². The fraction of sp³-hybridized carbons (Fsp3) is 0.857. The van der Waals surface area contributed by atoms with E-state index in [4.69, 9.17) is 14.6 Å². The van der Waals surface area contributed by atoms with Gasteiger partial charge in [-0.25, -0.2) is 13.6 Å². The van der Waals surface area contributed by atoms with E-state index < -0.39 is 30.2 Å². The second kappa shape index (κ2) is 4.13. The third kappa shape index (κ3) is 2.79. The van der Waals surface area contributed by atoms with Crippen LogP contribution in [0.5, 0.6) is 0 Å². The zero-order chi connectivity index (χ0) is 12.6. The second-order valence-electron chi connectivity index (χ2n) is 3.20. The molecule has 2 N–H and O–H groups in total. The van der Waals surface area contributed by atoms with Crippen molar-refractivity contribution in [3.8, 4) is 0 Å². The number of ether oxygens (including phenoxy) is 1. The molecule has 0 amide bonds. The number of halogens is 5. The van der Waals surface area contributed by atoms with Gasteiger partial charge in [-0.15, -0.1) is 0 Å². The highest BCUT2D eigenvalue weighted by molar-refractivity contribution is 5.73. The Morgan fingerprint density at radius 2 is 1.94 bits per heavy atom. The lowest BCUT2D eigenvalue weighted by Crippen LogP contribution is -2.31. The van der Waals surface area contributed by atoms with Gasteiger partial charge in [0.05, 0.1) is 6.61 Å². The number of nitrogens with one attached hydrogen (secondary N) is 1. The standard InChI is InChI=1S/C5H7F2NO.C2HF3O2/c6-5(7)3-4(5)9-2-1-8-3;3-2(4,5)1(6)7/h3-4,8H,1-2H2;(H,6,7). The zero-order valence-electron chi connectivity index (χ0n) is 7.72. The third-order valence-electron chi connectivity index (χ3n) is 1.99. The molecule has 1 aliphatic heterocycles. The highest BCUT2D eigenvalue weighted by Crippen LogP contribution is 2.45. The van der Waals surface area contributed by atoms with Crippen LogP contribution in [-0.4, -0.2) is 48.5 Å². The minimum atomic E-state index is -5.08. The molecule has 0 bridgehead atoms. The van der Waals surface area contributed by atoms with Crippen LogP contribution in [0.25, 0.3) is 0 Å². The van der Waals surface area contributed by atoms with Crippen molar-refractivity contribution in [1.29, 1.82) is 0 Å². The minimum Gasteiger partial charge on any atom is -0.475 e. The SMILES string of the molecule is FC1(F)C2NCCOC21.O=C(O)C(F)(F)F. The van der Waals surface area contributed by atoms with Crippen LogP contribution in [0.2, 0.25) is 0 Å². The van der Waals surface area contributed by atoms with Crippen LogP contribution in [0.4, 0.5) is 22.0 Å². The van der Waals surface area contributed by atoms with Gasteiger partial charge in [0.25, 0.3) is 5.92 Å². The normalized spacial score (nSPS) is 30.8. The first-order valence-corrected chi connectivity index (χ1v) is 4.20. The van der Waals surface area contributed by atoms with Gasteiger partial charge in [-0.2, -0.15) is 13.2 Å². The zero-order valence-corrected chi connectivity index (χ0v) is 7.72. The first kappa shape index (κ1) is 13.1. The molecule has 0 aromatic carbocycles. The number of fused-ring (bicyclic) bond motifs is 1. The number of carbonyl (C=O) groups is 1. The lowest BCUT2D eigenvalue weighted by Gasteiger charge is -2.07. The number of rotatable bonds is 0. The van der Waals surface area contributed by atoms with E-state index >= 15 is 0 Å². The lowest BCUT2D eigenvalue weighted by molar-refractivity contribution is -0.192. The van der Waals surface area contributed by atoms with Crippen molar-refractivity contribution in [1.82, 2.24) is 5.32 Å². The number of carboxylic acids is 1. The van der Waals surface area contributed by atoms with Crippen LogP contribution >= 0.6 is 0 Å². The molecule has 16 heavy (non-hydrogen) atoms. The predicted molar refractivity (Wildman–Crippen MR) is 40.2 cm³/mol. The molecule has 2 atom stereocenters. The highest BCUT2D eigenvalue weighted by Gasteiger charge is 2.70. The maximum Gasteiger partial charge on any atom is 0.490 e. The van der Waals surface area contributed by atoms with Crippen LogP contribution in [0.3, 0.4) is 0 Å². The Kier molecular flexibility index (Phi) is 3.38. The van der Waals surface area contributed by atoms with Gasteiger partial charge in [0.15, 0.2) is 0 Å². The quantitative estimate of drug-likeness (QED) is 0.618. The van der Waals surface area contributed by atoms with Gasteiger partial charge in [-0.1, -0.05) is 0 Å². The molecule has 1 heterocycles. The molecule has 2 fully saturated rings. The minimum absolute atomic E-state index is 0.413. The topological polar surface area (TPSA) is 58.6 Å². The highest BCUT2D eigenvalue weighted by atomic mass is 19.4. The summed E-state index contributed by atoms with van der Waals surface area (Å²) in [7, 11) is 0. The number of morpholine rings is 1. The Bertz CT molecular complexity index is 266. The number of hydrogen-bond acceptors (Lipinski definition) is 3. The number of carboxylic acid groups (broad SMARTS) is 1. The van der Waals surface area contributed by atoms with E-state index in [2.05, 4.69) is 5.32 Å². The molecule has 0 aromatic heterocycles.